The molecule has 4 aromatic carbocycles. The van der Waals surface area contributed by atoms with Gasteiger partial charge in [0.1, 0.15) is 18.4 Å². The minimum Gasteiger partial charge on any atom is -0.354 e. The second-order valence-electron chi connectivity index (χ2n) is 11.7. The van der Waals surface area contributed by atoms with Crippen LogP contribution in [0.25, 0.3) is 0 Å². The molecule has 0 saturated carbocycles. The number of hydrogen-bond donors (Lipinski definition) is 1. The maximum Gasteiger partial charge on any atom is 0.264 e. The molecule has 0 saturated heterocycles. The molecular formula is C36H39ClFN3O4S. The summed E-state index contributed by atoms with van der Waals surface area (Å²) >= 11 is 6.21. The van der Waals surface area contributed by atoms with Crippen LogP contribution in [0.5, 0.6) is 0 Å². The van der Waals surface area contributed by atoms with Crippen LogP contribution >= 0.6 is 11.6 Å². The number of nitrogens with one attached hydrogen (secondary N) is 1. The largest absolute Gasteiger partial charge is 0.354 e. The first kappa shape index (κ1) is 34.7. The monoisotopic (exact) mass is 663 g/mol. The molecule has 0 aliphatic rings. The van der Waals surface area contributed by atoms with Gasteiger partial charge in [0.15, 0.2) is 0 Å². The van der Waals surface area contributed by atoms with Gasteiger partial charge in [0.05, 0.1) is 10.6 Å². The minimum atomic E-state index is -4.27. The minimum absolute atomic E-state index is 0.00332. The van der Waals surface area contributed by atoms with Gasteiger partial charge in [0, 0.05) is 30.1 Å². The molecule has 2 amide bonds. The van der Waals surface area contributed by atoms with Crippen LogP contribution in [0.4, 0.5) is 10.1 Å². The van der Waals surface area contributed by atoms with Gasteiger partial charge in [-0.1, -0.05) is 91.7 Å². The molecule has 0 fully saturated rings. The number of sulfonamides is 1. The Bertz CT molecular complexity index is 1770. The third-order valence-corrected chi connectivity index (χ3v) is 9.58. The predicted octanol–water partition coefficient (Wildman–Crippen LogP) is 6.70. The second kappa shape index (κ2) is 15.4. The Kier molecular flexibility index (Phi) is 11.6. The van der Waals surface area contributed by atoms with Crippen LogP contribution in [0.15, 0.2) is 102 Å². The van der Waals surface area contributed by atoms with Crippen molar-refractivity contribution in [3.63, 3.8) is 0 Å². The number of carbonyl (C=O) groups is 2. The fourth-order valence-electron chi connectivity index (χ4n) is 5.04. The fraction of sp³-hybridized carbons (Fsp3) is 0.278. The molecule has 46 heavy (non-hydrogen) atoms. The smallest absolute Gasteiger partial charge is 0.264 e. The molecule has 0 heterocycles. The van der Waals surface area contributed by atoms with Gasteiger partial charge in [-0.3, -0.25) is 13.9 Å². The summed E-state index contributed by atoms with van der Waals surface area (Å²) in [7, 11) is -4.27. The van der Waals surface area contributed by atoms with Gasteiger partial charge >= 0.3 is 0 Å². The maximum atomic E-state index is 15.1. The van der Waals surface area contributed by atoms with Crippen molar-refractivity contribution in [1.29, 1.82) is 0 Å². The summed E-state index contributed by atoms with van der Waals surface area (Å²) in [6.07, 6.45) is 0.135. The van der Waals surface area contributed by atoms with Crippen LogP contribution in [0, 0.1) is 25.6 Å². The lowest BCUT2D eigenvalue weighted by Crippen LogP contribution is -2.54. The average Bonchev–Trinajstić information content (AvgIpc) is 3.02. The Morgan fingerprint density at radius 3 is 2.17 bits per heavy atom. The van der Waals surface area contributed by atoms with Crippen LogP contribution in [-0.2, 0) is 32.6 Å². The van der Waals surface area contributed by atoms with Gasteiger partial charge in [-0.25, -0.2) is 12.8 Å². The molecule has 4 rings (SSSR count). The van der Waals surface area contributed by atoms with Crippen molar-refractivity contribution >= 4 is 39.1 Å². The first-order valence-electron chi connectivity index (χ1n) is 15.1. The summed E-state index contributed by atoms with van der Waals surface area (Å²) in [6.45, 7) is 6.93. The molecule has 1 N–H and O–H groups in total. The fourth-order valence-corrected chi connectivity index (χ4v) is 6.74. The zero-order valence-electron chi connectivity index (χ0n) is 26.4. The van der Waals surface area contributed by atoms with Gasteiger partial charge in [-0.2, -0.15) is 0 Å². The molecule has 0 aliphatic carbocycles. The lowest BCUT2D eigenvalue weighted by atomic mass is 10.0. The van der Waals surface area contributed by atoms with Crippen molar-refractivity contribution in [2.24, 2.45) is 5.92 Å². The van der Waals surface area contributed by atoms with Gasteiger partial charge in [0.2, 0.25) is 11.8 Å². The van der Waals surface area contributed by atoms with E-state index in [1.54, 1.807) is 55.5 Å². The van der Waals surface area contributed by atoms with Crippen LogP contribution < -0.4 is 9.62 Å². The summed E-state index contributed by atoms with van der Waals surface area (Å²) in [4.78, 5) is 29.6. The molecule has 0 radical (unpaired) electrons. The van der Waals surface area contributed by atoms with Crippen LogP contribution in [0.3, 0.4) is 0 Å². The van der Waals surface area contributed by atoms with Crippen LogP contribution in [-0.4, -0.2) is 44.3 Å². The molecule has 0 unspecified atom stereocenters. The van der Waals surface area contributed by atoms with E-state index in [9.17, 15) is 18.0 Å². The Morgan fingerprint density at radius 2 is 1.54 bits per heavy atom. The van der Waals surface area contributed by atoms with E-state index >= 15 is 4.39 Å². The van der Waals surface area contributed by atoms with Crippen molar-refractivity contribution in [1.82, 2.24) is 10.2 Å². The van der Waals surface area contributed by atoms with Crippen molar-refractivity contribution in [2.75, 3.05) is 17.4 Å². The van der Waals surface area contributed by atoms with E-state index in [1.165, 1.54) is 23.1 Å². The van der Waals surface area contributed by atoms with Gasteiger partial charge in [-0.15, -0.1) is 0 Å². The third kappa shape index (κ3) is 8.73. The highest BCUT2D eigenvalue weighted by molar-refractivity contribution is 7.92. The Balaban J connectivity index is 1.83. The summed E-state index contributed by atoms with van der Waals surface area (Å²) in [5, 5.41) is 3.34. The molecule has 4 aromatic rings. The maximum absolute atomic E-state index is 15.1. The average molecular weight is 664 g/mol. The van der Waals surface area contributed by atoms with E-state index in [1.807, 2.05) is 51.1 Å². The number of anilines is 1. The second-order valence-corrected chi connectivity index (χ2v) is 14.0. The Morgan fingerprint density at radius 1 is 0.891 bits per heavy atom. The van der Waals surface area contributed by atoms with Gasteiger partial charge in [0.25, 0.3) is 10.0 Å². The van der Waals surface area contributed by atoms with Crippen molar-refractivity contribution in [2.45, 2.75) is 51.6 Å². The zero-order valence-corrected chi connectivity index (χ0v) is 28.0. The molecule has 10 heteroatoms. The number of benzene rings is 4. The normalized spacial score (nSPS) is 12.1. The van der Waals surface area contributed by atoms with Crippen LogP contribution in [0.2, 0.25) is 5.02 Å². The van der Waals surface area contributed by atoms with Crippen molar-refractivity contribution in [3.05, 3.63) is 130 Å². The first-order valence-corrected chi connectivity index (χ1v) is 16.9. The van der Waals surface area contributed by atoms with E-state index in [4.69, 9.17) is 11.6 Å². The summed E-state index contributed by atoms with van der Waals surface area (Å²) in [5.41, 5.74) is 2.65. The molecule has 1 atom stereocenters. The topological polar surface area (TPSA) is 86.8 Å². The summed E-state index contributed by atoms with van der Waals surface area (Å²) in [6, 6.07) is 25.2. The van der Waals surface area contributed by atoms with E-state index < -0.39 is 40.2 Å². The molecule has 0 aromatic heterocycles. The lowest BCUT2D eigenvalue weighted by Gasteiger charge is -2.34. The van der Waals surface area contributed by atoms with E-state index in [0.29, 0.717) is 17.1 Å². The zero-order chi connectivity index (χ0) is 33.4. The van der Waals surface area contributed by atoms with E-state index in [2.05, 4.69) is 5.32 Å². The number of carbonyl (C=O) groups excluding carboxylic acids is 2. The summed E-state index contributed by atoms with van der Waals surface area (Å²) in [5.74, 6) is -1.49. The number of aryl methyl sites for hydroxylation is 2. The molecule has 242 valence electrons. The quantitative estimate of drug-likeness (QED) is 0.172. The van der Waals surface area contributed by atoms with Gasteiger partial charge in [-0.05, 0) is 67.3 Å². The first-order chi connectivity index (χ1) is 21.9. The molecular weight excluding hydrogens is 625 g/mol. The predicted molar refractivity (Wildman–Crippen MR) is 181 cm³/mol. The van der Waals surface area contributed by atoms with Crippen molar-refractivity contribution in [3.8, 4) is 0 Å². The number of halogens is 2. The van der Waals surface area contributed by atoms with Crippen molar-refractivity contribution < 1.29 is 22.4 Å². The number of nitrogens with zero attached hydrogens (tertiary/aromatic N) is 2. The van der Waals surface area contributed by atoms with E-state index in [-0.39, 0.29) is 35.0 Å². The van der Waals surface area contributed by atoms with Gasteiger partial charge < -0.3 is 10.2 Å². The number of hydrogen-bond acceptors (Lipinski definition) is 4. The molecule has 0 bridgehead atoms. The van der Waals surface area contributed by atoms with Crippen LogP contribution in [0.1, 0.15) is 36.1 Å². The molecule has 0 aliphatic heterocycles. The number of rotatable bonds is 13. The summed E-state index contributed by atoms with van der Waals surface area (Å²) < 4.78 is 44.5. The Labute approximate surface area is 276 Å². The number of amides is 2. The molecule has 0 spiro atoms. The standard InChI is InChI=1S/C36H39ClFN3O4S/c1-25(2)22-39-36(43)34(21-28-10-6-5-7-11-28)40(23-29-12-8-9-13-32(29)38)35(42)24-41(33-19-16-30(37)20-27(33)4)46(44,45)31-17-14-26(3)15-18-31/h5-20,25,34H,21-24H2,1-4H3,(H,39,43)/t34-/m0/s1. The third-order valence-electron chi connectivity index (χ3n) is 7.57. The molecule has 7 nitrogen and oxygen atoms in total. The van der Waals surface area contributed by atoms with E-state index in [0.717, 1.165) is 15.4 Å². The lowest BCUT2D eigenvalue weighted by molar-refractivity contribution is -0.140. The highest BCUT2D eigenvalue weighted by Crippen LogP contribution is 2.30. The highest BCUT2D eigenvalue weighted by Gasteiger charge is 2.35. The Hall–Kier alpha value is -4.21. The SMILES string of the molecule is Cc1ccc(S(=O)(=O)N(CC(=O)N(Cc2ccccc2F)[C@@H](Cc2ccccc2)C(=O)NCC(C)C)c2ccc(Cl)cc2C)cc1. The highest BCUT2D eigenvalue weighted by atomic mass is 35.5.